The topological polar surface area (TPSA) is 75.3 Å². The van der Waals surface area contributed by atoms with Gasteiger partial charge < -0.3 is 5.32 Å². The fourth-order valence-corrected chi connectivity index (χ4v) is 4.57. The number of rotatable bonds is 5. The Labute approximate surface area is 152 Å². The number of nitrogens with one attached hydrogen (secondary N) is 2. The summed E-state index contributed by atoms with van der Waals surface area (Å²) in [7, 11) is -3.62. The largest absolute Gasteiger partial charge is 0.325 e. The second-order valence-corrected chi connectivity index (χ2v) is 8.82. The lowest BCUT2D eigenvalue weighted by molar-refractivity contribution is -0.118. The number of anilines is 1. The molecule has 1 aliphatic rings. The van der Waals surface area contributed by atoms with Crippen LogP contribution in [0.15, 0.2) is 58.3 Å². The van der Waals surface area contributed by atoms with Gasteiger partial charge in [-0.3, -0.25) is 4.79 Å². The van der Waals surface area contributed by atoms with Crippen molar-refractivity contribution in [2.45, 2.75) is 23.1 Å². The lowest BCUT2D eigenvalue weighted by Crippen LogP contribution is -2.26. The van der Waals surface area contributed by atoms with Gasteiger partial charge in [-0.2, -0.15) is 0 Å². The highest BCUT2D eigenvalue weighted by atomic mass is 32.2. The van der Waals surface area contributed by atoms with Crippen molar-refractivity contribution in [2.24, 2.45) is 5.92 Å². The molecule has 0 fully saturated rings. The van der Waals surface area contributed by atoms with Gasteiger partial charge in [-0.15, -0.1) is 11.8 Å². The Balaban J connectivity index is 1.72. The van der Waals surface area contributed by atoms with Crippen molar-refractivity contribution >= 4 is 33.4 Å². The highest BCUT2D eigenvalue weighted by Gasteiger charge is 2.22. The number of sulfonamides is 1. The maximum Gasteiger partial charge on any atom is 0.240 e. The lowest BCUT2D eigenvalue weighted by atomic mass is 10.2. The molecule has 2 aromatic carbocycles. The maximum absolute atomic E-state index is 12.5. The number of amides is 1. The first kappa shape index (κ1) is 18.0. The molecule has 0 radical (unpaired) electrons. The number of benzene rings is 2. The average molecular weight is 377 g/mol. The van der Waals surface area contributed by atoms with Crippen LogP contribution >= 0.6 is 11.8 Å². The second-order valence-electron chi connectivity index (χ2n) is 5.99. The average Bonchev–Trinajstić information content (AvgIpc) is 2.74. The van der Waals surface area contributed by atoms with Gasteiger partial charge in [0.05, 0.1) is 10.6 Å². The third-order valence-electron chi connectivity index (χ3n) is 4.00. The van der Waals surface area contributed by atoms with Crippen LogP contribution < -0.4 is 10.0 Å². The van der Waals surface area contributed by atoms with Gasteiger partial charge in [-0.1, -0.05) is 37.3 Å². The van der Waals surface area contributed by atoms with Crippen LogP contribution in [0.5, 0.6) is 0 Å². The van der Waals surface area contributed by atoms with E-state index in [4.69, 9.17) is 0 Å². The zero-order valence-electron chi connectivity index (χ0n) is 13.9. The molecule has 0 saturated heterocycles. The Morgan fingerprint density at radius 2 is 1.96 bits per heavy atom. The molecule has 0 saturated carbocycles. The van der Waals surface area contributed by atoms with Crippen LogP contribution in [-0.4, -0.2) is 26.6 Å². The standard InChI is InChI=1S/C18H20N2O3S2/c1-13-12-24-17-8-7-15(11-16(17)20-18(13)21)25(22,23)19-10-9-14-5-3-2-4-6-14/h2-8,11,13,19H,9-10,12H2,1H3,(H,20,21)/t13-/m1/s1. The molecule has 1 amide bonds. The van der Waals surface area contributed by atoms with Crippen molar-refractivity contribution in [1.29, 1.82) is 0 Å². The molecular weight excluding hydrogens is 356 g/mol. The van der Waals surface area contributed by atoms with Crippen molar-refractivity contribution < 1.29 is 13.2 Å². The second kappa shape index (κ2) is 7.59. The fourth-order valence-electron chi connectivity index (χ4n) is 2.50. The molecule has 0 bridgehead atoms. The Morgan fingerprint density at radius 1 is 1.20 bits per heavy atom. The molecule has 1 atom stereocenters. The first-order valence-corrected chi connectivity index (χ1v) is 10.5. The normalized spacial score (nSPS) is 17.5. The van der Waals surface area contributed by atoms with E-state index < -0.39 is 10.0 Å². The van der Waals surface area contributed by atoms with Crippen LogP contribution in [-0.2, 0) is 21.2 Å². The van der Waals surface area contributed by atoms with E-state index in [0.29, 0.717) is 24.4 Å². The van der Waals surface area contributed by atoms with E-state index in [2.05, 4.69) is 10.0 Å². The van der Waals surface area contributed by atoms with Gasteiger partial charge in [0.15, 0.2) is 0 Å². The molecule has 5 nitrogen and oxygen atoms in total. The highest BCUT2D eigenvalue weighted by molar-refractivity contribution is 7.99. The number of thioether (sulfide) groups is 1. The molecule has 25 heavy (non-hydrogen) atoms. The summed E-state index contributed by atoms with van der Waals surface area (Å²) in [5.41, 5.74) is 1.63. The predicted octanol–water partition coefficient (Wildman–Crippen LogP) is 2.89. The number of hydrogen-bond acceptors (Lipinski definition) is 4. The van der Waals surface area contributed by atoms with Crippen LogP contribution in [0.4, 0.5) is 5.69 Å². The Bertz CT molecular complexity index is 867. The van der Waals surface area contributed by atoms with Gasteiger partial charge in [0, 0.05) is 23.1 Å². The number of hydrogen-bond donors (Lipinski definition) is 2. The summed E-state index contributed by atoms with van der Waals surface area (Å²) in [4.78, 5) is 13.0. The zero-order chi connectivity index (χ0) is 17.9. The van der Waals surface area contributed by atoms with E-state index in [-0.39, 0.29) is 16.7 Å². The molecular formula is C18H20N2O3S2. The molecule has 0 spiro atoms. The predicted molar refractivity (Wildman–Crippen MR) is 100 cm³/mol. The molecule has 7 heteroatoms. The van der Waals surface area contributed by atoms with E-state index >= 15 is 0 Å². The summed E-state index contributed by atoms with van der Waals surface area (Å²) in [6.07, 6.45) is 0.620. The van der Waals surface area contributed by atoms with Gasteiger partial charge in [0.1, 0.15) is 0 Å². The molecule has 0 unspecified atom stereocenters. The van der Waals surface area contributed by atoms with Gasteiger partial charge in [-0.25, -0.2) is 13.1 Å². The molecule has 132 valence electrons. The number of fused-ring (bicyclic) bond motifs is 1. The smallest absolute Gasteiger partial charge is 0.240 e. The first-order chi connectivity index (χ1) is 12.0. The fraction of sp³-hybridized carbons (Fsp3) is 0.278. The van der Waals surface area contributed by atoms with Crippen molar-refractivity contribution in [3.63, 3.8) is 0 Å². The molecule has 0 aromatic heterocycles. The minimum atomic E-state index is -3.62. The summed E-state index contributed by atoms with van der Waals surface area (Å²) in [6, 6.07) is 14.6. The molecule has 1 aliphatic heterocycles. The molecule has 1 heterocycles. The van der Waals surface area contributed by atoms with Crippen LogP contribution in [0, 0.1) is 5.92 Å². The van der Waals surface area contributed by atoms with E-state index in [1.165, 1.54) is 6.07 Å². The Hall–Kier alpha value is -1.83. The van der Waals surface area contributed by atoms with Crippen LogP contribution in [0.1, 0.15) is 12.5 Å². The van der Waals surface area contributed by atoms with Crippen molar-refractivity contribution in [3.8, 4) is 0 Å². The number of carbonyl (C=O) groups excluding carboxylic acids is 1. The lowest BCUT2D eigenvalue weighted by Gasteiger charge is -2.11. The van der Waals surface area contributed by atoms with Crippen LogP contribution in [0.3, 0.4) is 0 Å². The summed E-state index contributed by atoms with van der Waals surface area (Å²) < 4.78 is 27.6. The van der Waals surface area contributed by atoms with Crippen molar-refractivity contribution in [3.05, 3.63) is 54.1 Å². The summed E-state index contributed by atoms with van der Waals surface area (Å²) in [5, 5.41) is 2.81. The van der Waals surface area contributed by atoms with Gasteiger partial charge in [0.25, 0.3) is 0 Å². The number of carbonyl (C=O) groups is 1. The highest BCUT2D eigenvalue weighted by Crippen LogP contribution is 2.34. The SMILES string of the molecule is C[C@@H]1CSc2ccc(S(=O)(=O)NCCc3ccccc3)cc2NC1=O. The van der Waals surface area contributed by atoms with Crippen molar-refractivity contribution in [1.82, 2.24) is 4.72 Å². The summed E-state index contributed by atoms with van der Waals surface area (Å²) in [6.45, 7) is 2.18. The Morgan fingerprint density at radius 3 is 2.72 bits per heavy atom. The summed E-state index contributed by atoms with van der Waals surface area (Å²) in [5.74, 6) is 0.486. The zero-order valence-corrected chi connectivity index (χ0v) is 15.5. The third kappa shape index (κ3) is 4.42. The van der Waals surface area contributed by atoms with Gasteiger partial charge in [0.2, 0.25) is 15.9 Å². The van der Waals surface area contributed by atoms with E-state index in [1.54, 1.807) is 23.9 Å². The van der Waals surface area contributed by atoms with E-state index in [1.807, 2.05) is 37.3 Å². The van der Waals surface area contributed by atoms with Crippen molar-refractivity contribution in [2.75, 3.05) is 17.6 Å². The Kier molecular flexibility index (Phi) is 5.46. The van der Waals surface area contributed by atoms with Crippen LogP contribution in [0.25, 0.3) is 0 Å². The van der Waals surface area contributed by atoms with E-state index in [0.717, 1.165) is 10.5 Å². The quantitative estimate of drug-likeness (QED) is 0.841. The van der Waals surface area contributed by atoms with E-state index in [9.17, 15) is 13.2 Å². The minimum absolute atomic E-state index is 0.0853. The maximum atomic E-state index is 12.5. The van der Waals surface area contributed by atoms with Gasteiger partial charge in [-0.05, 0) is 30.2 Å². The van der Waals surface area contributed by atoms with Crippen LogP contribution in [0.2, 0.25) is 0 Å². The minimum Gasteiger partial charge on any atom is -0.325 e. The van der Waals surface area contributed by atoms with Gasteiger partial charge >= 0.3 is 0 Å². The first-order valence-electron chi connectivity index (χ1n) is 8.07. The summed E-state index contributed by atoms with van der Waals surface area (Å²) >= 11 is 1.56. The molecule has 3 rings (SSSR count). The molecule has 0 aliphatic carbocycles. The monoisotopic (exact) mass is 376 g/mol. The molecule has 2 N–H and O–H groups in total. The molecule has 2 aromatic rings. The third-order valence-corrected chi connectivity index (χ3v) is 6.80.